The van der Waals surface area contributed by atoms with Gasteiger partial charge in [0.2, 0.25) is 0 Å². The van der Waals surface area contributed by atoms with E-state index in [0.29, 0.717) is 0 Å². The van der Waals surface area contributed by atoms with Crippen molar-refractivity contribution in [1.82, 2.24) is 0 Å². The lowest BCUT2D eigenvalue weighted by atomic mass is 10.0. The Balaban J connectivity index is 1.84. The molecule has 2 nitrogen and oxygen atoms in total. The SMILES string of the molecule is C=CC[n+]1ccc(-c2cc(-c3ccccc3)[o+]c(-c3ccccc3)c2)cc1. The van der Waals surface area contributed by atoms with Gasteiger partial charge in [-0.05, 0) is 35.9 Å². The maximum atomic E-state index is 6.26. The predicted octanol–water partition coefficient (Wildman–Crippen LogP) is 6.04. The van der Waals surface area contributed by atoms with Crippen molar-refractivity contribution in [2.75, 3.05) is 0 Å². The van der Waals surface area contributed by atoms with Crippen LogP contribution in [0.4, 0.5) is 0 Å². The van der Waals surface area contributed by atoms with Gasteiger partial charge in [-0.15, -0.1) is 0 Å². The second-order valence-corrected chi connectivity index (χ2v) is 6.38. The van der Waals surface area contributed by atoms with Gasteiger partial charge in [0.15, 0.2) is 18.9 Å². The summed E-state index contributed by atoms with van der Waals surface area (Å²) in [7, 11) is 0. The van der Waals surface area contributed by atoms with Gasteiger partial charge >= 0.3 is 11.5 Å². The van der Waals surface area contributed by atoms with Gasteiger partial charge in [0, 0.05) is 17.7 Å². The molecule has 0 bridgehead atoms. The van der Waals surface area contributed by atoms with Crippen LogP contribution in [0.25, 0.3) is 33.8 Å². The molecule has 2 heterocycles. The Labute approximate surface area is 159 Å². The lowest BCUT2D eigenvalue weighted by molar-refractivity contribution is -0.686. The molecule has 2 aromatic carbocycles. The van der Waals surface area contributed by atoms with E-state index < -0.39 is 0 Å². The molecule has 4 aromatic rings. The molecule has 0 saturated heterocycles. The first-order chi connectivity index (χ1) is 13.3. The van der Waals surface area contributed by atoms with Crippen LogP contribution in [0.1, 0.15) is 0 Å². The van der Waals surface area contributed by atoms with Gasteiger partial charge in [-0.3, -0.25) is 0 Å². The van der Waals surface area contributed by atoms with Gasteiger partial charge in [-0.25, -0.2) is 8.98 Å². The average Bonchev–Trinajstić information content (AvgIpc) is 2.75. The lowest BCUT2D eigenvalue weighted by Crippen LogP contribution is -2.31. The molecule has 130 valence electrons. The van der Waals surface area contributed by atoms with Crippen LogP contribution in [-0.4, -0.2) is 0 Å². The van der Waals surface area contributed by atoms with Gasteiger partial charge in [0.25, 0.3) is 0 Å². The first kappa shape index (κ1) is 16.9. The van der Waals surface area contributed by atoms with E-state index in [1.165, 1.54) is 0 Å². The second-order valence-electron chi connectivity index (χ2n) is 6.38. The number of nitrogens with zero attached hydrogens (tertiary/aromatic N) is 1. The molecular weight excluding hydrogens is 330 g/mol. The van der Waals surface area contributed by atoms with E-state index in [2.05, 4.69) is 72.1 Å². The van der Waals surface area contributed by atoms with E-state index in [9.17, 15) is 0 Å². The Bertz CT molecular complexity index is 981. The summed E-state index contributed by atoms with van der Waals surface area (Å²) in [6.45, 7) is 4.59. The molecule has 0 aliphatic rings. The highest BCUT2D eigenvalue weighted by Crippen LogP contribution is 2.32. The van der Waals surface area contributed by atoms with Crippen LogP contribution < -0.4 is 4.57 Å². The van der Waals surface area contributed by atoms with E-state index in [1.54, 1.807) is 0 Å². The number of rotatable bonds is 5. The molecule has 0 aliphatic carbocycles. The number of hydrogen-bond donors (Lipinski definition) is 0. The molecule has 0 saturated carbocycles. The molecule has 0 amide bonds. The Morgan fingerprint density at radius 1 is 0.667 bits per heavy atom. The molecule has 4 rings (SSSR count). The standard InChI is InChI=1S/C25H21NO/c1-2-15-26-16-13-20(14-17-26)23-18-24(21-9-5-3-6-10-21)27-25(19-23)22-11-7-4-8-12-22/h2-14,16-19H,1,15H2/q+2. The summed E-state index contributed by atoms with van der Waals surface area (Å²) in [4.78, 5) is 0. The topological polar surface area (TPSA) is 15.2 Å². The predicted molar refractivity (Wildman–Crippen MR) is 110 cm³/mol. The third-order valence-corrected chi connectivity index (χ3v) is 4.47. The molecular formula is C25H21NO+2. The molecule has 0 radical (unpaired) electrons. The molecule has 0 spiro atoms. The molecule has 0 unspecified atom stereocenters. The van der Waals surface area contributed by atoms with Gasteiger partial charge in [-0.1, -0.05) is 43.0 Å². The van der Waals surface area contributed by atoms with Gasteiger partial charge < -0.3 is 0 Å². The summed E-state index contributed by atoms with van der Waals surface area (Å²) in [5.41, 5.74) is 4.41. The van der Waals surface area contributed by atoms with Crippen molar-refractivity contribution in [3.63, 3.8) is 0 Å². The van der Waals surface area contributed by atoms with Crippen LogP contribution in [0.15, 0.2) is 114 Å². The van der Waals surface area contributed by atoms with Crippen molar-refractivity contribution in [2.24, 2.45) is 0 Å². The number of allylic oxidation sites excluding steroid dienone is 1. The maximum absolute atomic E-state index is 6.26. The van der Waals surface area contributed by atoms with Crippen molar-refractivity contribution in [3.05, 3.63) is 110 Å². The summed E-state index contributed by atoms with van der Waals surface area (Å²) in [6.07, 6.45) is 6.04. The normalized spacial score (nSPS) is 10.5. The largest absolute Gasteiger partial charge is 0.361 e. The third-order valence-electron chi connectivity index (χ3n) is 4.47. The van der Waals surface area contributed by atoms with Crippen molar-refractivity contribution in [2.45, 2.75) is 6.54 Å². The summed E-state index contributed by atoms with van der Waals surface area (Å²) in [5.74, 6) is 1.71. The van der Waals surface area contributed by atoms with Gasteiger partial charge in [-0.2, -0.15) is 0 Å². The molecule has 0 N–H and O–H groups in total. The Morgan fingerprint density at radius 3 is 1.67 bits per heavy atom. The van der Waals surface area contributed by atoms with Crippen molar-refractivity contribution in [3.8, 4) is 33.8 Å². The minimum atomic E-state index is 0.801. The average molecular weight is 351 g/mol. The van der Waals surface area contributed by atoms with Gasteiger partial charge in [0.05, 0.1) is 23.3 Å². The number of hydrogen-bond acceptors (Lipinski definition) is 0. The first-order valence-corrected chi connectivity index (χ1v) is 9.03. The van der Waals surface area contributed by atoms with Crippen LogP contribution in [0, 0.1) is 0 Å². The van der Waals surface area contributed by atoms with Crippen molar-refractivity contribution < 1.29 is 8.98 Å². The fraction of sp³-hybridized carbons (Fsp3) is 0.0400. The van der Waals surface area contributed by atoms with E-state index in [1.807, 2.05) is 42.5 Å². The smallest absolute Gasteiger partial charge is 0.207 e. The zero-order valence-corrected chi connectivity index (χ0v) is 15.1. The van der Waals surface area contributed by atoms with Crippen LogP contribution in [0.2, 0.25) is 0 Å². The zero-order valence-electron chi connectivity index (χ0n) is 15.1. The monoisotopic (exact) mass is 351 g/mol. The number of benzene rings is 2. The van der Waals surface area contributed by atoms with Gasteiger partial charge in [0.1, 0.15) is 0 Å². The minimum Gasteiger partial charge on any atom is -0.207 e. The highest BCUT2D eigenvalue weighted by molar-refractivity contribution is 5.74. The number of aromatic nitrogens is 1. The summed E-state index contributed by atoms with van der Waals surface area (Å²) in [5, 5.41) is 0. The molecule has 2 aromatic heterocycles. The first-order valence-electron chi connectivity index (χ1n) is 9.03. The highest BCUT2D eigenvalue weighted by Gasteiger charge is 2.20. The van der Waals surface area contributed by atoms with Crippen LogP contribution >= 0.6 is 0 Å². The second kappa shape index (κ2) is 7.79. The van der Waals surface area contributed by atoms with Crippen LogP contribution in [0.5, 0.6) is 0 Å². The fourth-order valence-electron chi connectivity index (χ4n) is 3.08. The van der Waals surface area contributed by atoms with Crippen LogP contribution in [0.3, 0.4) is 0 Å². The summed E-state index contributed by atoms with van der Waals surface area (Å²) < 4.78 is 8.35. The Kier molecular flexibility index (Phi) is 4.88. The van der Waals surface area contributed by atoms with E-state index in [4.69, 9.17) is 4.42 Å². The molecule has 27 heavy (non-hydrogen) atoms. The van der Waals surface area contributed by atoms with Crippen LogP contribution in [-0.2, 0) is 6.54 Å². The van der Waals surface area contributed by atoms with E-state index in [-0.39, 0.29) is 0 Å². The Hall–Kier alpha value is -3.52. The summed E-state index contributed by atoms with van der Waals surface area (Å²) in [6, 6.07) is 28.9. The third kappa shape index (κ3) is 3.85. The van der Waals surface area contributed by atoms with E-state index in [0.717, 1.165) is 40.3 Å². The van der Waals surface area contributed by atoms with Crippen molar-refractivity contribution >= 4 is 0 Å². The molecule has 0 atom stereocenters. The van der Waals surface area contributed by atoms with Crippen molar-refractivity contribution in [1.29, 1.82) is 0 Å². The molecule has 2 heteroatoms. The number of pyridine rings is 1. The Morgan fingerprint density at radius 2 is 1.19 bits per heavy atom. The van der Waals surface area contributed by atoms with E-state index >= 15 is 0 Å². The maximum Gasteiger partial charge on any atom is 0.361 e. The highest BCUT2D eigenvalue weighted by atomic mass is 16.3. The molecule has 0 fully saturated rings. The lowest BCUT2D eigenvalue weighted by Gasteiger charge is -2.02. The fourth-order valence-corrected chi connectivity index (χ4v) is 3.08. The zero-order chi connectivity index (χ0) is 18.5. The minimum absolute atomic E-state index is 0.801. The molecule has 0 aliphatic heterocycles. The summed E-state index contributed by atoms with van der Waals surface area (Å²) >= 11 is 0. The quantitative estimate of drug-likeness (QED) is 0.243.